The lowest BCUT2D eigenvalue weighted by Crippen LogP contribution is -2.13. The largest absolute Gasteiger partial charge is 0.485 e. The van der Waals surface area contributed by atoms with Crippen molar-refractivity contribution in [2.45, 2.75) is 19.4 Å². The number of hydrogen-bond donors (Lipinski definition) is 1. The van der Waals surface area contributed by atoms with Crippen molar-refractivity contribution in [1.82, 2.24) is 0 Å². The van der Waals surface area contributed by atoms with E-state index in [1.807, 2.05) is 13.0 Å². The van der Waals surface area contributed by atoms with Crippen molar-refractivity contribution in [3.8, 4) is 5.75 Å². The number of hydrogen-bond acceptors (Lipinski definition) is 2. The van der Waals surface area contributed by atoms with Crippen LogP contribution in [-0.2, 0) is 6.42 Å². The first kappa shape index (κ1) is 9.77. The maximum Gasteiger partial charge on any atom is 0.335 e. The van der Waals surface area contributed by atoms with E-state index in [1.54, 1.807) is 12.1 Å². The minimum atomic E-state index is -0.930. The summed E-state index contributed by atoms with van der Waals surface area (Å²) in [5, 5.41) is 8.82. The molecule has 0 aromatic heterocycles. The summed E-state index contributed by atoms with van der Waals surface area (Å²) in [5.74, 6) is -0.261. The van der Waals surface area contributed by atoms with Crippen LogP contribution < -0.4 is 4.74 Å². The van der Waals surface area contributed by atoms with Gasteiger partial charge in [-0.3, -0.25) is 0 Å². The molecular formula is C12H12O3. The van der Waals surface area contributed by atoms with Gasteiger partial charge in [-0.15, -0.1) is 0 Å². The first-order valence-corrected chi connectivity index (χ1v) is 4.76. The average Bonchev–Trinajstić information content (AvgIpc) is 2.59. The SMILES string of the molecule is C=C(C)C1Cc2ccc(C(=O)O)cc2O1. The van der Waals surface area contributed by atoms with E-state index < -0.39 is 5.97 Å². The second kappa shape index (κ2) is 3.42. The van der Waals surface area contributed by atoms with Gasteiger partial charge in [0.05, 0.1) is 5.56 Å². The maximum atomic E-state index is 10.7. The normalized spacial score (nSPS) is 18.1. The van der Waals surface area contributed by atoms with Crippen molar-refractivity contribution in [2.75, 3.05) is 0 Å². The Morgan fingerprint density at radius 1 is 1.60 bits per heavy atom. The third kappa shape index (κ3) is 1.73. The number of benzene rings is 1. The molecule has 0 saturated carbocycles. The molecule has 1 aromatic carbocycles. The quantitative estimate of drug-likeness (QED) is 0.751. The molecule has 3 nitrogen and oxygen atoms in total. The van der Waals surface area contributed by atoms with Gasteiger partial charge >= 0.3 is 5.97 Å². The van der Waals surface area contributed by atoms with E-state index >= 15 is 0 Å². The summed E-state index contributed by atoms with van der Waals surface area (Å²) in [4.78, 5) is 10.7. The van der Waals surface area contributed by atoms with Crippen LogP contribution in [0.25, 0.3) is 0 Å². The van der Waals surface area contributed by atoms with Crippen LogP contribution in [0.15, 0.2) is 30.4 Å². The number of carboxylic acid groups (broad SMARTS) is 1. The van der Waals surface area contributed by atoms with E-state index in [1.165, 1.54) is 0 Å². The van der Waals surface area contributed by atoms with Crippen LogP contribution in [0.1, 0.15) is 22.8 Å². The van der Waals surface area contributed by atoms with E-state index in [0.717, 1.165) is 17.6 Å². The van der Waals surface area contributed by atoms with E-state index in [9.17, 15) is 4.79 Å². The molecule has 2 rings (SSSR count). The van der Waals surface area contributed by atoms with Gasteiger partial charge in [0.2, 0.25) is 0 Å². The van der Waals surface area contributed by atoms with Gasteiger partial charge in [0.1, 0.15) is 11.9 Å². The van der Waals surface area contributed by atoms with Crippen LogP contribution in [-0.4, -0.2) is 17.2 Å². The molecule has 1 aliphatic heterocycles. The molecule has 1 aromatic rings. The molecule has 1 atom stereocenters. The average molecular weight is 204 g/mol. The fourth-order valence-electron chi connectivity index (χ4n) is 1.64. The van der Waals surface area contributed by atoms with Gasteiger partial charge in [0.25, 0.3) is 0 Å². The summed E-state index contributed by atoms with van der Waals surface area (Å²) in [7, 11) is 0. The molecule has 1 aliphatic rings. The molecule has 0 aliphatic carbocycles. The molecule has 1 unspecified atom stereocenters. The molecule has 78 valence electrons. The molecule has 15 heavy (non-hydrogen) atoms. The zero-order valence-electron chi connectivity index (χ0n) is 8.49. The summed E-state index contributed by atoms with van der Waals surface area (Å²) in [6.07, 6.45) is 0.772. The van der Waals surface area contributed by atoms with Crippen LogP contribution >= 0.6 is 0 Å². The van der Waals surface area contributed by atoms with Crippen molar-refractivity contribution in [3.05, 3.63) is 41.5 Å². The number of carbonyl (C=O) groups is 1. The minimum absolute atomic E-state index is 0.0101. The Morgan fingerprint density at radius 2 is 2.33 bits per heavy atom. The second-order valence-corrected chi connectivity index (χ2v) is 3.78. The monoisotopic (exact) mass is 204 g/mol. The molecule has 3 heteroatoms. The predicted molar refractivity (Wildman–Crippen MR) is 56.3 cm³/mol. The first-order valence-electron chi connectivity index (χ1n) is 4.76. The second-order valence-electron chi connectivity index (χ2n) is 3.78. The number of ether oxygens (including phenoxy) is 1. The Balaban J connectivity index is 2.31. The number of carboxylic acids is 1. The fraction of sp³-hybridized carbons (Fsp3) is 0.250. The lowest BCUT2D eigenvalue weighted by molar-refractivity contribution is 0.0696. The Kier molecular flexibility index (Phi) is 2.23. The number of rotatable bonds is 2. The third-order valence-electron chi connectivity index (χ3n) is 2.54. The number of aromatic carboxylic acids is 1. The minimum Gasteiger partial charge on any atom is -0.485 e. The van der Waals surface area contributed by atoms with Crippen LogP contribution in [0.5, 0.6) is 5.75 Å². The first-order chi connectivity index (χ1) is 7.08. The van der Waals surface area contributed by atoms with Gasteiger partial charge < -0.3 is 9.84 Å². The molecule has 1 heterocycles. The molecule has 0 bridgehead atoms. The molecule has 0 fully saturated rings. The van der Waals surface area contributed by atoms with Gasteiger partial charge in [0, 0.05) is 6.42 Å². The van der Waals surface area contributed by atoms with Crippen molar-refractivity contribution in [1.29, 1.82) is 0 Å². The molecule has 0 saturated heterocycles. The van der Waals surface area contributed by atoms with E-state index in [2.05, 4.69) is 6.58 Å². The Morgan fingerprint density at radius 3 is 2.93 bits per heavy atom. The van der Waals surface area contributed by atoms with Gasteiger partial charge in [-0.05, 0) is 30.2 Å². The lowest BCUT2D eigenvalue weighted by Gasteiger charge is -2.09. The van der Waals surface area contributed by atoms with Gasteiger partial charge in [-0.2, -0.15) is 0 Å². The fourth-order valence-corrected chi connectivity index (χ4v) is 1.64. The highest BCUT2D eigenvalue weighted by Crippen LogP contribution is 2.31. The van der Waals surface area contributed by atoms with Gasteiger partial charge in [0.15, 0.2) is 0 Å². The summed E-state index contributed by atoms with van der Waals surface area (Å²) < 4.78 is 5.60. The third-order valence-corrected chi connectivity index (χ3v) is 2.54. The zero-order valence-corrected chi connectivity index (χ0v) is 8.49. The van der Waals surface area contributed by atoms with Crippen LogP contribution in [0.2, 0.25) is 0 Å². The smallest absolute Gasteiger partial charge is 0.335 e. The van der Waals surface area contributed by atoms with Crippen LogP contribution in [0.3, 0.4) is 0 Å². The molecule has 0 amide bonds. The summed E-state index contributed by atoms with van der Waals surface area (Å²) in [6.45, 7) is 5.75. The van der Waals surface area contributed by atoms with Crippen molar-refractivity contribution in [3.63, 3.8) is 0 Å². The van der Waals surface area contributed by atoms with Crippen molar-refractivity contribution in [2.24, 2.45) is 0 Å². The standard InChI is InChI=1S/C12H12O3/c1-7(2)10-5-8-3-4-9(12(13)14)6-11(8)15-10/h3-4,6,10H,1,5H2,2H3,(H,13,14). The summed E-state index contributed by atoms with van der Waals surface area (Å²) >= 11 is 0. The topological polar surface area (TPSA) is 46.5 Å². The summed E-state index contributed by atoms with van der Waals surface area (Å²) in [5.41, 5.74) is 2.27. The van der Waals surface area contributed by atoms with Crippen molar-refractivity contribution < 1.29 is 14.6 Å². The maximum absolute atomic E-state index is 10.7. The highest BCUT2D eigenvalue weighted by Gasteiger charge is 2.24. The van der Waals surface area contributed by atoms with Crippen molar-refractivity contribution >= 4 is 5.97 Å². The Hall–Kier alpha value is -1.77. The highest BCUT2D eigenvalue weighted by molar-refractivity contribution is 5.88. The molecule has 0 spiro atoms. The molecule has 0 radical (unpaired) electrons. The van der Waals surface area contributed by atoms with Crippen LogP contribution in [0, 0.1) is 0 Å². The van der Waals surface area contributed by atoms with Crippen LogP contribution in [0.4, 0.5) is 0 Å². The zero-order chi connectivity index (χ0) is 11.0. The Labute approximate surface area is 88.0 Å². The summed E-state index contributed by atoms with van der Waals surface area (Å²) in [6, 6.07) is 4.98. The van der Waals surface area contributed by atoms with E-state index in [-0.39, 0.29) is 11.7 Å². The molecule has 1 N–H and O–H groups in total. The Bertz CT molecular complexity index is 434. The highest BCUT2D eigenvalue weighted by atomic mass is 16.5. The van der Waals surface area contributed by atoms with Gasteiger partial charge in [-0.25, -0.2) is 4.79 Å². The molecular weight excluding hydrogens is 192 g/mol. The predicted octanol–water partition coefficient (Wildman–Crippen LogP) is 2.26. The van der Waals surface area contributed by atoms with E-state index in [0.29, 0.717) is 5.75 Å². The van der Waals surface area contributed by atoms with E-state index in [4.69, 9.17) is 9.84 Å². The van der Waals surface area contributed by atoms with Gasteiger partial charge in [-0.1, -0.05) is 12.6 Å². The number of fused-ring (bicyclic) bond motifs is 1. The lowest BCUT2D eigenvalue weighted by atomic mass is 10.0.